The van der Waals surface area contributed by atoms with Gasteiger partial charge >= 0.3 is 0 Å². The monoisotopic (exact) mass is 318 g/mol. The molecule has 2 atom stereocenters. The van der Waals surface area contributed by atoms with Crippen molar-refractivity contribution in [2.24, 2.45) is 0 Å². The summed E-state index contributed by atoms with van der Waals surface area (Å²) in [4.78, 5) is 15.2. The molecule has 2 bridgehead atoms. The summed E-state index contributed by atoms with van der Waals surface area (Å²) in [5.41, 5.74) is 10.9. The number of nitrogens with zero attached hydrogens (tertiary/aromatic N) is 1. The average Bonchev–Trinajstić information content (AvgIpc) is 2.87. The Bertz CT molecular complexity index is 810. The number of rotatable bonds is 2. The summed E-state index contributed by atoms with van der Waals surface area (Å²) in [7, 11) is 0. The average molecular weight is 318 g/mol. The lowest BCUT2D eigenvalue weighted by Crippen LogP contribution is -2.43. The third-order valence-corrected chi connectivity index (χ3v) is 5.27. The highest BCUT2D eigenvalue weighted by atomic mass is 16.2. The predicted octanol–water partition coefficient (Wildman–Crippen LogP) is 4.04. The zero-order valence-electron chi connectivity index (χ0n) is 13.9. The van der Waals surface area contributed by atoms with Crippen molar-refractivity contribution in [3.05, 3.63) is 71.3 Å². The minimum atomic E-state index is 0.121. The fourth-order valence-electron chi connectivity index (χ4n) is 4.02. The molecule has 0 radical (unpaired) electrons. The Morgan fingerprint density at radius 2 is 1.92 bits per heavy atom. The number of carbonyl (C=O) groups excluding carboxylic acids is 1. The topological polar surface area (TPSA) is 46.3 Å². The number of hydrogen-bond donors (Lipinski definition) is 1. The van der Waals surface area contributed by atoms with Crippen LogP contribution in [0.15, 0.2) is 54.6 Å². The maximum absolute atomic E-state index is 13.1. The highest BCUT2D eigenvalue weighted by molar-refractivity contribution is 5.97. The van der Waals surface area contributed by atoms with Crippen LogP contribution in [0.2, 0.25) is 0 Å². The van der Waals surface area contributed by atoms with Crippen molar-refractivity contribution in [1.82, 2.24) is 4.90 Å². The van der Waals surface area contributed by atoms with Crippen LogP contribution in [0.5, 0.6) is 0 Å². The van der Waals surface area contributed by atoms with Gasteiger partial charge in [0.05, 0.1) is 6.04 Å². The summed E-state index contributed by atoms with van der Waals surface area (Å²) in [6.45, 7) is 1.98. The van der Waals surface area contributed by atoms with Crippen LogP contribution in [0.1, 0.15) is 40.7 Å². The van der Waals surface area contributed by atoms with Crippen molar-refractivity contribution in [2.45, 2.75) is 38.3 Å². The van der Waals surface area contributed by atoms with E-state index in [2.05, 4.69) is 35.2 Å². The van der Waals surface area contributed by atoms with Crippen molar-refractivity contribution in [3.63, 3.8) is 0 Å². The molecule has 2 heterocycles. The third kappa shape index (κ3) is 2.50. The molecule has 0 aliphatic carbocycles. The molecular formula is C21H22N2O. The first-order valence-corrected chi connectivity index (χ1v) is 8.58. The lowest BCUT2D eigenvalue weighted by molar-refractivity contribution is 0.0691. The molecule has 0 aromatic heterocycles. The highest BCUT2D eigenvalue weighted by Crippen LogP contribution is 2.39. The van der Waals surface area contributed by atoms with E-state index in [4.69, 9.17) is 5.73 Å². The summed E-state index contributed by atoms with van der Waals surface area (Å²) >= 11 is 0. The second-order valence-electron chi connectivity index (χ2n) is 6.85. The van der Waals surface area contributed by atoms with Gasteiger partial charge in [0.25, 0.3) is 5.91 Å². The molecule has 0 spiro atoms. The molecule has 2 N–H and O–H groups in total. The van der Waals surface area contributed by atoms with Crippen LogP contribution in [0.4, 0.5) is 5.69 Å². The summed E-state index contributed by atoms with van der Waals surface area (Å²) < 4.78 is 0. The Morgan fingerprint density at radius 1 is 1.12 bits per heavy atom. The van der Waals surface area contributed by atoms with Crippen LogP contribution in [-0.4, -0.2) is 22.9 Å². The Kier molecular flexibility index (Phi) is 3.64. The fraction of sp³-hybridized carbons (Fsp3) is 0.286. The van der Waals surface area contributed by atoms with E-state index in [-0.39, 0.29) is 11.9 Å². The minimum absolute atomic E-state index is 0.121. The van der Waals surface area contributed by atoms with E-state index in [1.54, 1.807) is 0 Å². The van der Waals surface area contributed by atoms with Gasteiger partial charge in [-0.25, -0.2) is 0 Å². The smallest absolute Gasteiger partial charge is 0.254 e. The van der Waals surface area contributed by atoms with Crippen molar-refractivity contribution < 1.29 is 4.79 Å². The van der Waals surface area contributed by atoms with E-state index in [0.29, 0.717) is 11.7 Å². The Hall–Kier alpha value is -2.55. The number of benzene rings is 2. The van der Waals surface area contributed by atoms with Gasteiger partial charge in [0.15, 0.2) is 0 Å². The van der Waals surface area contributed by atoms with Gasteiger partial charge in [0.2, 0.25) is 0 Å². The number of hydrogen-bond acceptors (Lipinski definition) is 2. The van der Waals surface area contributed by atoms with Crippen molar-refractivity contribution >= 4 is 17.2 Å². The number of nitrogen functional groups attached to an aromatic ring is 1. The molecule has 3 heteroatoms. The maximum atomic E-state index is 13.1. The molecule has 4 rings (SSSR count). The third-order valence-electron chi connectivity index (χ3n) is 5.27. The molecule has 3 nitrogen and oxygen atoms in total. The molecule has 2 aromatic carbocycles. The van der Waals surface area contributed by atoms with Gasteiger partial charge in [-0.15, -0.1) is 0 Å². The molecular weight excluding hydrogens is 296 g/mol. The summed E-state index contributed by atoms with van der Waals surface area (Å²) in [5, 5.41) is 0. The molecule has 2 aliphatic heterocycles. The van der Waals surface area contributed by atoms with E-state index in [9.17, 15) is 4.79 Å². The Labute approximate surface area is 142 Å². The first-order valence-electron chi connectivity index (χ1n) is 8.58. The Balaban J connectivity index is 1.66. The molecule has 1 fully saturated rings. The predicted molar refractivity (Wildman–Crippen MR) is 97.6 cm³/mol. The molecule has 122 valence electrons. The van der Waals surface area contributed by atoms with E-state index in [1.807, 2.05) is 31.2 Å². The normalized spacial score (nSPS) is 22.4. The number of nitrogens with two attached hydrogens (primary N) is 1. The molecule has 1 amide bonds. The van der Waals surface area contributed by atoms with Gasteiger partial charge in [0, 0.05) is 17.3 Å². The standard InChI is InChI=1S/C21H22N2O/c1-14-7-8-17(22)13-20(14)21(24)23-18-9-10-19(23)12-16(11-18)15-5-3-2-4-6-15/h2-8,11,13,18-19H,9-10,12,22H2,1H3. The van der Waals surface area contributed by atoms with Gasteiger partial charge in [0.1, 0.15) is 0 Å². The summed E-state index contributed by atoms with van der Waals surface area (Å²) in [6, 6.07) is 16.6. The van der Waals surface area contributed by atoms with E-state index < -0.39 is 0 Å². The van der Waals surface area contributed by atoms with Crippen molar-refractivity contribution in [1.29, 1.82) is 0 Å². The first kappa shape index (κ1) is 15.0. The second-order valence-corrected chi connectivity index (χ2v) is 6.85. The van der Waals surface area contributed by atoms with Crippen LogP contribution < -0.4 is 5.73 Å². The van der Waals surface area contributed by atoms with Crippen LogP contribution in [0.25, 0.3) is 5.57 Å². The second kappa shape index (κ2) is 5.82. The van der Waals surface area contributed by atoms with Crippen molar-refractivity contribution in [3.8, 4) is 0 Å². The van der Waals surface area contributed by atoms with E-state index in [1.165, 1.54) is 11.1 Å². The van der Waals surface area contributed by atoms with Gasteiger partial charge in [-0.3, -0.25) is 4.79 Å². The maximum Gasteiger partial charge on any atom is 0.254 e. The zero-order chi connectivity index (χ0) is 16.7. The largest absolute Gasteiger partial charge is 0.399 e. The minimum Gasteiger partial charge on any atom is -0.399 e. The molecule has 1 saturated heterocycles. The van der Waals surface area contributed by atoms with Gasteiger partial charge in [-0.2, -0.15) is 0 Å². The van der Waals surface area contributed by atoms with Crippen LogP contribution in [0.3, 0.4) is 0 Å². The molecule has 2 unspecified atom stereocenters. The number of fused-ring (bicyclic) bond motifs is 2. The van der Waals surface area contributed by atoms with Crippen LogP contribution in [0, 0.1) is 6.92 Å². The lowest BCUT2D eigenvalue weighted by atomic mass is 9.94. The number of amides is 1. The van der Waals surface area contributed by atoms with Crippen molar-refractivity contribution in [2.75, 3.05) is 5.73 Å². The number of anilines is 1. The van der Waals surface area contributed by atoms with E-state index in [0.717, 1.165) is 30.4 Å². The zero-order valence-corrected chi connectivity index (χ0v) is 13.9. The molecule has 24 heavy (non-hydrogen) atoms. The number of carbonyl (C=O) groups is 1. The van der Waals surface area contributed by atoms with Crippen LogP contribution >= 0.6 is 0 Å². The van der Waals surface area contributed by atoms with E-state index >= 15 is 0 Å². The number of aryl methyl sites for hydroxylation is 1. The fourth-order valence-corrected chi connectivity index (χ4v) is 4.02. The first-order chi connectivity index (χ1) is 11.6. The molecule has 2 aliphatic rings. The summed E-state index contributed by atoms with van der Waals surface area (Å²) in [5.74, 6) is 0.121. The Morgan fingerprint density at radius 3 is 2.67 bits per heavy atom. The van der Waals surface area contributed by atoms with Gasteiger partial charge in [-0.05, 0) is 55.0 Å². The van der Waals surface area contributed by atoms with Crippen LogP contribution in [-0.2, 0) is 0 Å². The summed E-state index contributed by atoms with van der Waals surface area (Å²) in [6.07, 6.45) is 5.35. The van der Waals surface area contributed by atoms with Gasteiger partial charge < -0.3 is 10.6 Å². The molecule has 2 aromatic rings. The molecule has 0 saturated carbocycles. The lowest BCUT2D eigenvalue weighted by Gasteiger charge is -2.34. The van der Waals surface area contributed by atoms with Gasteiger partial charge in [-0.1, -0.05) is 42.5 Å². The highest BCUT2D eigenvalue weighted by Gasteiger charge is 2.40. The SMILES string of the molecule is Cc1ccc(N)cc1C(=O)N1C2C=C(c3ccccc3)CC1CC2. The quantitative estimate of drug-likeness (QED) is 0.850.